The number of hydrogen-bond donors (Lipinski definition) is 1. The number of nitrogens with zero attached hydrogens (tertiary/aromatic N) is 2. The summed E-state index contributed by atoms with van der Waals surface area (Å²) in [6.45, 7) is 1.67. The third kappa shape index (κ3) is 4.09. The second-order valence-corrected chi connectivity index (χ2v) is 6.17. The van der Waals surface area contributed by atoms with Crippen molar-refractivity contribution in [2.45, 2.75) is 13.0 Å². The molecule has 0 bridgehead atoms. The summed E-state index contributed by atoms with van der Waals surface area (Å²) in [5, 5.41) is 13.7. The SMILES string of the molecule is C[C@@H](C(=O)Nc1ccccc1[N+](=O)[O-])[n+]1ccc(C(=O)c2ccccc2)cc1. The minimum Gasteiger partial charge on any atom is -0.315 e. The fourth-order valence-corrected chi connectivity index (χ4v) is 2.71. The number of pyridine rings is 1. The van der Waals surface area contributed by atoms with Crippen molar-refractivity contribution in [3.05, 3.63) is 100 Å². The molecule has 140 valence electrons. The van der Waals surface area contributed by atoms with E-state index in [1.54, 1.807) is 66.3 Å². The molecule has 1 atom stereocenters. The molecule has 7 heteroatoms. The Morgan fingerprint density at radius 1 is 0.929 bits per heavy atom. The second kappa shape index (κ2) is 8.22. The number of ketones is 1. The number of benzene rings is 2. The van der Waals surface area contributed by atoms with Gasteiger partial charge in [0.25, 0.3) is 11.6 Å². The number of aromatic nitrogens is 1. The fourth-order valence-electron chi connectivity index (χ4n) is 2.71. The smallest absolute Gasteiger partial charge is 0.293 e. The fraction of sp³-hybridized carbons (Fsp3) is 0.0952. The lowest BCUT2D eigenvalue weighted by Crippen LogP contribution is -2.44. The second-order valence-electron chi connectivity index (χ2n) is 6.17. The van der Waals surface area contributed by atoms with Gasteiger partial charge in [-0.3, -0.25) is 19.7 Å². The van der Waals surface area contributed by atoms with E-state index in [-0.39, 0.29) is 17.2 Å². The first-order valence-electron chi connectivity index (χ1n) is 8.62. The number of nitro groups is 1. The maximum absolute atomic E-state index is 12.5. The van der Waals surface area contributed by atoms with Gasteiger partial charge in [0.2, 0.25) is 6.04 Å². The molecular formula is C21H18N3O4+. The number of carbonyl (C=O) groups is 2. The average Bonchev–Trinajstić information content (AvgIpc) is 2.73. The van der Waals surface area contributed by atoms with Crippen LogP contribution in [0.3, 0.4) is 0 Å². The van der Waals surface area contributed by atoms with Gasteiger partial charge >= 0.3 is 0 Å². The van der Waals surface area contributed by atoms with E-state index in [2.05, 4.69) is 5.32 Å². The van der Waals surface area contributed by atoms with Crippen LogP contribution < -0.4 is 9.88 Å². The van der Waals surface area contributed by atoms with Crippen molar-refractivity contribution in [1.29, 1.82) is 0 Å². The molecule has 3 aromatic rings. The van der Waals surface area contributed by atoms with Crippen LogP contribution in [0.5, 0.6) is 0 Å². The Balaban J connectivity index is 1.74. The number of rotatable bonds is 6. The maximum atomic E-state index is 12.5. The van der Waals surface area contributed by atoms with Gasteiger partial charge in [0.15, 0.2) is 18.2 Å². The predicted molar refractivity (Wildman–Crippen MR) is 103 cm³/mol. The molecule has 0 unspecified atom stereocenters. The molecule has 1 N–H and O–H groups in total. The summed E-state index contributed by atoms with van der Waals surface area (Å²) in [6.07, 6.45) is 3.28. The molecule has 1 heterocycles. The molecule has 7 nitrogen and oxygen atoms in total. The standard InChI is InChI=1S/C21H17N3O4/c1-15(21(26)22-18-9-5-6-10-19(18)24(27)28)23-13-11-17(12-14-23)20(25)16-7-3-2-4-8-16/h2-15H,1H3/p+1/t15-/m0/s1. The lowest BCUT2D eigenvalue weighted by Gasteiger charge is -2.09. The van der Waals surface area contributed by atoms with Crippen LogP contribution >= 0.6 is 0 Å². The molecule has 0 saturated carbocycles. The summed E-state index contributed by atoms with van der Waals surface area (Å²) < 4.78 is 1.63. The van der Waals surface area contributed by atoms with Crippen LogP contribution in [0.25, 0.3) is 0 Å². The number of anilines is 1. The molecule has 0 spiro atoms. The van der Waals surface area contributed by atoms with Crippen LogP contribution in [0.2, 0.25) is 0 Å². The highest BCUT2D eigenvalue weighted by Crippen LogP contribution is 2.23. The van der Waals surface area contributed by atoms with Crippen LogP contribution in [-0.4, -0.2) is 16.6 Å². The van der Waals surface area contributed by atoms with Crippen LogP contribution in [0, 0.1) is 10.1 Å². The van der Waals surface area contributed by atoms with E-state index in [0.717, 1.165) is 0 Å². The van der Waals surface area contributed by atoms with Gasteiger partial charge in [-0.25, -0.2) is 0 Å². The highest BCUT2D eigenvalue weighted by molar-refractivity contribution is 6.08. The Kier molecular flexibility index (Phi) is 5.55. The van der Waals surface area contributed by atoms with E-state index in [9.17, 15) is 19.7 Å². The monoisotopic (exact) mass is 376 g/mol. The van der Waals surface area contributed by atoms with E-state index in [1.807, 2.05) is 6.07 Å². The zero-order chi connectivity index (χ0) is 20.1. The molecule has 0 aliphatic heterocycles. The van der Waals surface area contributed by atoms with Crippen molar-refractivity contribution in [2.24, 2.45) is 0 Å². The summed E-state index contributed by atoms with van der Waals surface area (Å²) in [7, 11) is 0. The van der Waals surface area contributed by atoms with Gasteiger partial charge in [0.1, 0.15) is 5.69 Å². The summed E-state index contributed by atoms with van der Waals surface area (Å²) in [6, 6.07) is 17.5. The third-order valence-electron chi connectivity index (χ3n) is 4.34. The van der Waals surface area contributed by atoms with Crippen LogP contribution in [0.15, 0.2) is 79.1 Å². The molecule has 0 radical (unpaired) electrons. The van der Waals surface area contributed by atoms with E-state index >= 15 is 0 Å². The molecule has 28 heavy (non-hydrogen) atoms. The lowest BCUT2D eigenvalue weighted by atomic mass is 10.0. The predicted octanol–water partition coefficient (Wildman–Crippen LogP) is 3.31. The molecule has 2 aromatic carbocycles. The zero-order valence-electron chi connectivity index (χ0n) is 15.1. The first-order chi connectivity index (χ1) is 13.5. The van der Waals surface area contributed by atoms with Gasteiger partial charge in [-0.15, -0.1) is 0 Å². The minimum absolute atomic E-state index is 0.107. The van der Waals surface area contributed by atoms with Gasteiger partial charge < -0.3 is 5.32 Å². The topological polar surface area (TPSA) is 93.2 Å². The molecule has 1 aromatic heterocycles. The maximum Gasteiger partial charge on any atom is 0.293 e. The summed E-state index contributed by atoms with van der Waals surface area (Å²) in [5.41, 5.74) is 1.06. The van der Waals surface area contributed by atoms with Crippen molar-refractivity contribution < 1.29 is 19.1 Å². The Labute approximate surface area is 161 Å². The molecule has 0 aliphatic rings. The van der Waals surface area contributed by atoms with Gasteiger partial charge in [-0.05, 0) is 6.07 Å². The summed E-state index contributed by atoms with van der Waals surface area (Å²) in [5.74, 6) is -0.508. The normalized spacial score (nSPS) is 11.5. The molecule has 1 amide bonds. The van der Waals surface area contributed by atoms with Crippen molar-refractivity contribution in [3.8, 4) is 0 Å². The Morgan fingerprint density at radius 3 is 2.14 bits per heavy atom. The lowest BCUT2D eigenvalue weighted by molar-refractivity contribution is -0.705. The Bertz CT molecular complexity index is 1020. The average molecular weight is 376 g/mol. The van der Waals surface area contributed by atoms with Gasteiger partial charge in [0, 0.05) is 36.2 Å². The largest absolute Gasteiger partial charge is 0.315 e. The Hall–Kier alpha value is -3.87. The van der Waals surface area contributed by atoms with Gasteiger partial charge in [0.05, 0.1) is 4.92 Å². The number of nitrogens with one attached hydrogen (secondary N) is 1. The van der Waals surface area contributed by atoms with E-state index in [1.165, 1.54) is 18.2 Å². The van der Waals surface area contributed by atoms with Crippen molar-refractivity contribution in [3.63, 3.8) is 0 Å². The third-order valence-corrected chi connectivity index (χ3v) is 4.34. The molecule has 3 rings (SSSR count). The number of hydrogen-bond acceptors (Lipinski definition) is 4. The summed E-state index contributed by atoms with van der Waals surface area (Å²) in [4.78, 5) is 35.5. The number of nitro benzene ring substituents is 1. The first-order valence-corrected chi connectivity index (χ1v) is 8.62. The Morgan fingerprint density at radius 2 is 1.50 bits per heavy atom. The number of amides is 1. The summed E-state index contributed by atoms with van der Waals surface area (Å²) >= 11 is 0. The van der Waals surface area contributed by atoms with Crippen LogP contribution in [-0.2, 0) is 4.79 Å². The van der Waals surface area contributed by atoms with Crippen molar-refractivity contribution in [1.82, 2.24) is 0 Å². The zero-order valence-corrected chi connectivity index (χ0v) is 15.1. The molecule has 0 saturated heterocycles. The number of para-hydroxylation sites is 2. The minimum atomic E-state index is -0.624. The highest BCUT2D eigenvalue weighted by atomic mass is 16.6. The van der Waals surface area contributed by atoms with Crippen molar-refractivity contribution >= 4 is 23.1 Å². The van der Waals surface area contributed by atoms with Crippen LogP contribution in [0.1, 0.15) is 28.9 Å². The van der Waals surface area contributed by atoms with Crippen molar-refractivity contribution in [2.75, 3.05) is 5.32 Å². The van der Waals surface area contributed by atoms with Gasteiger partial charge in [-0.1, -0.05) is 42.5 Å². The number of carbonyl (C=O) groups excluding carboxylic acids is 2. The van der Waals surface area contributed by atoms with Crippen LogP contribution in [0.4, 0.5) is 11.4 Å². The molecule has 0 aliphatic carbocycles. The molecule has 0 fully saturated rings. The first kappa shape index (κ1) is 18.9. The highest BCUT2D eigenvalue weighted by Gasteiger charge is 2.25. The van der Waals surface area contributed by atoms with Gasteiger partial charge in [-0.2, -0.15) is 4.57 Å². The van der Waals surface area contributed by atoms with E-state index < -0.39 is 16.9 Å². The van der Waals surface area contributed by atoms with E-state index in [4.69, 9.17) is 0 Å². The molecular weight excluding hydrogens is 358 g/mol. The van der Waals surface area contributed by atoms with E-state index in [0.29, 0.717) is 11.1 Å². The quantitative estimate of drug-likeness (QED) is 0.309.